The minimum absolute atomic E-state index is 0.225. The SMILES string of the molecule is CCC(C)CN(C)CCC(CC)c1nc(C(=O)Nc2cccnc2-n2nc(C)cc2C)cs1. The van der Waals surface area contributed by atoms with Crippen molar-refractivity contribution in [2.24, 2.45) is 5.92 Å². The second-order valence-corrected chi connectivity index (χ2v) is 9.80. The van der Waals surface area contributed by atoms with Crippen LogP contribution in [0.4, 0.5) is 5.69 Å². The van der Waals surface area contributed by atoms with Gasteiger partial charge in [-0.1, -0.05) is 27.2 Å². The molecule has 0 aliphatic rings. The molecule has 0 fully saturated rings. The number of hydrogen-bond donors (Lipinski definition) is 1. The zero-order chi connectivity index (χ0) is 24.0. The van der Waals surface area contributed by atoms with Crippen LogP contribution in [-0.4, -0.2) is 50.7 Å². The third kappa shape index (κ3) is 6.48. The van der Waals surface area contributed by atoms with Crippen LogP contribution in [0.3, 0.4) is 0 Å². The van der Waals surface area contributed by atoms with Crippen molar-refractivity contribution in [3.8, 4) is 5.82 Å². The summed E-state index contributed by atoms with van der Waals surface area (Å²) in [5.41, 5.74) is 2.92. The standard InChI is InChI=1S/C25H36N6OS/c1-7-17(3)15-30(6)13-11-20(8-2)25-28-22(16-33-25)24(32)27-21-10-9-12-26-23(21)31-19(5)14-18(4)29-31/h9-10,12,14,16-17,20H,7-8,11,13,15H2,1-6H3,(H,27,32). The highest BCUT2D eigenvalue weighted by molar-refractivity contribution is 7.09. The fourth-order valence-corrected chi connectivity index (χ4v) is 4.92. The Morgan fingerprint density at radius 2 is 2.06 bits per heavy atom. The largest absolute Gasteiger partial charge is 0.317 e. The summed E-state index contributed by atoms with van der Waals surface area (Å²) in [5.74, 6) is 1.44. The van der Waals surface area contributed by atoms with Crippen LogP contribution >= 0.6 is 11.3 Å². The zero-order valence-electron chi connectivity index (χ0n) is 20.6. The summed E-state index contributed by atoms with van der Waals surface area (Å²) in [5, 5.41) is 10.4. The highest BCUT2D eigenvalue weighted by Crippen LogP contribution is 2.27. The molecule has 0 aromatic carbocycles. The molecule has 3 aromatic heterocycles. The Kier molecular flexibility index (Phi) is 8.74. The van der Waals surface area contributed by atoms with E-state index in [1.165, 1.54) is 6.42 Å². The van der Waals surface area contributed by atoms with Crippen LogP contribution in [-0.2, 0) is 0 Å². The molecule has 1 N–H and O–H groups in total. The van der Waals surface area contributed by atoms with Crippen molar-refractivity contribution in [2.75, 3.05) is 25.5 Å². The molecule has 2 unspecified atom stereocenters. The van der Waals surface area contributed by atoms with Gasteiger partial charge >= 0.3 is 0 Å². The lowest BCUT2D eigenvalue weighted by atomic mass is 10.0. The normalized spacial score (nSPS) is 13.3. The maximum atomic E-state index is 13.0. The van der Waals surface area contributed by atoms with Crippen LogP contribution in [0.25, 0.3) is 5.82 Å². The number of hydrogen-bond acceptors (Lipinski definition) is 6. The van der Waals surface area contributed by atoms with Gasteiger partial charge < -0.3 is 10.2 Å². The van der Waals surface area contributed by atoms with Gasteiger partial charge in [0.2, 0.25) is 0 Å². The number of rotatable bonds is 11. The number of aromatic nitrogens is 4. The number of nitrogens with zero attached hydrogens (tertiary/aromatic N) is 5. The van der Waals surface area contributed by atoms with Crippen LogP contribution in [0.2, 0.25) is 0 Å². The van der Waals surface area contributed by atoms with Gasteiger partial charge in [0.1, 0.15) is 5.69 Å². The van der Waals surface area contributed by atoms with Crippen LogP contribution in [0.1, 0.15) is 72.8 Å². The van der Waals surface area contributed by atoms with E-state index in [0.717, 1.165) is 42.3 Å². The molecule has 0 saturated heterocycles. The Hall–Kier alpha value is -2.58. The first-order valence-corrected chi connectivity index (χ1v) is 12.6. The summed E-state index contributed by atoms with van der Waals surface area (Å²) in [7, 11) is 2.19. The maximum absolute atomic E-state index is 13.0. The van der Waals surface area contributed by atoms with E-state index in [4.69, 9.17) is 4.98 Å². The Labute approximate surface area is 201 Å². The molecule has 2 atom stereocenters. The van der Waals surface area contributed by atoms with E-state index in [0.29, 0.717) is 29.0 Å². The fraction of sp³-hybridized carbons (Fsp3) is 0.520. The Morgan fingerprint density at radius 1 is 1.27 bits per heavy atom. The minimum Gasteiger partial charge on any atom is -0.317 e. The molecule has 0 aliphatic carbocycles. The number of thiazole rings is 1. The summed E-state index contributed by atoms with van der Waals surface area (Å²) in [6.07, 6.45) is 4.95. The Bertz CT molecular complexity index is 1060. The number of nitrogens with one attached hydrogen (secondary N) is 1. The van der Waals surface area contributed by atoms with Crippen LogP contribution in [0.5, 0.6) is 0 Å². The number of pyridine rings is 1. The van der Waals surface area contributed by atoms with E-state index in [1.54, 1.807) is 28.3 Å². The molecule has 8 heteroatoms. The van der Waals surface area contributed by atoms with Gasteiger partial charge in [-0.15, -0.1) is 11.3 Å². The average molecular weight is 469 g/mol. The smallest absolute Gasteiger partial charge is 0.275 e. The molecule has 33 heavy (non-hydrogen) atoms. The van der Waals surface area contributed by atoms with Crippen LogP contribution < -0.4 is 5.32 Å². The lowest BCUT2D eigenvalue weighted by Gasteiger charge is -2.22. The lowest BCUT2D eigenvalue weighted by molar-refractivity contribution is 0.102. The third-order valence-electron chi connectivity index (χ3n) is 6.02. The molecule has 3 aromatic rings. The summed E-state index contributed by atoms with van der Waals surface area (Å²) in [6, 6.07) is 5.63. The summed E-state index contributed by atoms with van der Waals surface area (Å²) in [4.78, 5) is 24.6. The second kappa shape index (κ2) is 11.5. The zero-order valence-corrected chi connectivity index (χ0v) is 21.4. The highest BCUT2D eigenvalue weighted by atomic mass is 32.1. The van der Waals surface area contributed by atoms with Crippen molar-refractivity contribution in [1.29, 1.82) is 0 Å². The highest BCUT2D eigenvalue weighted by Gasteiger charge is 2.19. The molecular weight excluding hydrogens is 432 g/mol. The van der Waals surface area contributed by atoms with E-state index in [2.05, 4.69) is 48.1 Å². The van der Waals surface area contributed by atoms with Gasteiger partial charge in [-0.25, -0.2) is 14.6 Å². The molecule has 3 heterocycles. The summed E-state index contributed by atoms with van der Waals surface area (Å²) < 4.78 is 1.75. The van der Waals surface area contributed by atoms with Crippen molar-refractivity contribution in [3.05, 3.63) is 51.9 Å². The monoisotopic (exact) mass is 468 g/mol. The average Bonchev–Trinajstić information content (AvgIpc) is 3.41. The van der Waals surface area contributed by atoms with Gasteiger partial charge in [0, 0.05) is 29.7 Å². The van der Waals surface area contributed by atoms with E-state index in [9.17, 15) is 4.79 Å². The first-order valence-electron chi connectivity index (χ1n) is 11.8. The number of carbonyl (C=O) groups is 1. The first kappa shape index (κ1) is 25.1. The van der Waals surface area contributed by atoms with Gasteiger partial charge in [-0.3, -0.25) is 4.79 Å². The van der Waals surface area contributed by atoms with Gasteiger partial charge in [-0.05, 0) is 64.4 Å². The van der Waals surface area contributed by atoms with Crippen molar-refractivity contribution < 1.29 is 4.79 Å². The summed E-state index contributed by atoms with van der Waals surface area (Å²) in [6.45, 7) is 12.8. The molecule has 0 bridgehead atoms. The molecule has 0 aliphatic heterocycles. The van der Waals surface area contributed by atoms with Gasteiger partial charge in [0.15, 0.2) is 5.82 Å². The molecule has 1 amide bonds. The second-order valence-electron chi connectivity index (χ2n) is 8.91. The molecule has 178 valence electrons. The summed E-state index contributed by atoms with van der Waals surface area (Å²) >= 11 is 1.57. The van der Waals surface area contributed by atoms with Crippen molar-refractivity contribution in [3.63, 3.8) is 0 Å². The van der Waals surface area contributed by atoms with Gasteiger partial charge in [0.25, 0.3) is 5.91 Å². The van der Waals surface area contributed by atoms with Gasteiger partial charge in [-0.2, -0.15) is 5.10 Å². The Balaban J connectivity index is 1.68. The quantitative estimate of drug-likeness (QED) is 0.405. The Morgan fingerprint density at radius 3 is 2.73 bits per heavy atom. The molecule has 0 spiro atoms. The number of aryl methyl sites for hydroxylation is 2. The van der Waals surface area contributed by atoms with E-state index >= 15 is 0 Å². The molecular formula is C25H36N6OS. The lowest BCUT2D eigenvalue weighted by Crippen LogP contribution is -2.26. The van der Waals surface area contributed by atoms with Crippen LogP contribution in [0, 0.1) is 19.8 Å². The number of anilines is 1. The van der Waals surface area contributed by atoms with E-state index < -0.39 is 0 Å². The molecule has 7 nitrogen and oxygen atoms in total. The van der Waals surface area contributed by atoms with E-state index in [-0.39, 0.29) is 5.91 Å². The number of carbonyl (C=O) groups excluding carboxylic acids is 1. The van der Waals surface area contributed by atoms with Crippen molar-refractivity contribution in [2.45, 2.75) is 59.8 Å². The van der Waals surface area contributed by atoms with E-state index in [1.807, 2.05) is 31.4 Å². The predicted octanol–water partition coefficient (Wildman–Crippen LogP) is 5.45. The van der Waals surface area contributed by atoms with Crippen molar-refractivity contribution in [1.82, 2.24) is 24.6 Å². The first-order chi connectivity index (χ1) is 15.8. The topological polar surface area (TPSA) is 75.9 Å². The predicted molar refractivity (Wildman–Crippen MR) is 136 cm³/mol. The maximum Gasteiger partial charge on any atom is 0.275 e. The fourth-order valence-electron chi connectivity index (χ4n) is 3.90. The molecule has 3 rings (SSSR count). The van der Waals surface area contributed by atoms with Gasteiger partial charge in [0.05, 0.1) is 16.4 Å². The molecule has 0 saturated carbocycles. The minimum atomic E-state index is -0.225. The third-order valence-corrected chi connectivity index (χ3v) is 7.03. The molecule has 0 radical (unpaired) electrons. The van der Waals surface area contributed by atoms with Crippen LogP contribution in [0.15, 0.2) is 29.8 Å². The number of amides is 1. The van der Waals surface area contributed by atoms with Crippen molar-refractivity contribution >= 4 is 22.9 Å².